The molecule has 1 aromatic carbocycles. The smallest absolute Gasteiger partial charge is 0.351 e. The zero-order chi connectivity index (χ0) is 33.5. The van der Waals surface area contributed by atoms with Crippen LogP contribution < -0.4 is 0 Å². The lowest BCUT2D eigenvalue weighted by atomic mass is 9.65. The van der Waals surface area contributed by atoms with Gasteiger partial charge in [0.2, 0.25) is 5.91 Å². The molecular formula is C35H49FN2O7. The molecule has 2 heterocycles. The lowest BCUT2D eigenvalue weighted by Crippen LogP contribution is -2.56. The molecule has 1 aromatic rings. The third-order valence-corrected chi connectivity index (χ3v) is 11.1. The van der Waals surface area contributed by atoms with E-state index in [-0.39, 0.29) is 18.9 Å². The third-order valence-electron chi connectivity index (χ3n) is 11.1. The second kappa shape index (κ2) is 12.7. The van der Waals surface area contributed by atoms with Gasteiger partial charge in [-0.15, -0.1) is 0 Å². The van der Waals surface area contributed by atoms with Crippen LogP contribution in [0.5, 0.6) is 0 Å². The second-order valence-electron chi connectivity index (χ2n) is 13.9. The second-order valence-corrected chi connectivity index (χ2v) is 13.9. The molecular weight excluding hydrogens is 579 g/mol. The van der Waals surface area contributed by atoms with Crippen LogP contribution in [-0.2, 0) is 35.3 Å². The Kier molecular flexibility index (Phi) is 9.82. The highest BCUT2D eigenvalue weighted by Crippen LogP contribution is 2.62. The zero-order valence-corrected chi connectivity index (χ0v) is 28.1. The topological polar surface area (TPSA) is 127 Å². The molecule has 9 nitrogen and oxygen atoms in total. The van der Waals surface area contributed by atoms with E-state index in [1.54, 1.807) is 20.8 Å². The Morgan fingerprint density at radius 3 is 2.33 bits per heavy atom. The van der Waals surface area contributed by atoms with E-state index in [2.05, 4.69) is 10.1 Å². The van der Waals surface area contributed by atoms with Crippen LogP contribution in [0.4, 0.5) is 4.39 Å². The molecule has 0 aromatic heterocycles. The highest BCUT2D eigenvalue weighted by atomic mass is 19.1. The van der Waals surface area contributed by atoms with Crippen LogP contribution in [0.25, 0.3) is 0 Å². The number of ketones is 1. The van der Waals surface area contributed by atoms with Crippen molar-refractivity contribution >= 4 is 29.1 Å². The summed E-state index contributed by atoms with van der Waals surface area (Å²) < 4.78 is 28.5. The number of carbonyl (C=O) groups is 3. The van der Waals surface area contributed by atoms with E-state index in [9.17, 15) is 19.5 Å². The SMILES string of the molecule is CC[C@H]1OC(=O)[C@@](C)(F)C(=O)[C@H](C)[C@@H](C)[C@]2(C)OC23C/C(=N/OCc2ccccc2)CC[C@H]([C@@H](C)C(=NC(C)=O)[C@@H]3C)[C@]1(C)O. The molecule has 2 aliphatic heterocycles. The average Bonchev–Trinajstić information content (AvgIpc) is 3.60. The molecule has 2 saturated heterocycles. The molecule has 0 radical (unpaired) electrons. The van der Waals surface area contributed by atoms with E-state index >= 15 is 4.39 Å². The summed E-state index contributed by atoms with van der Waals surface area (Å²) in [5.41, 5.74) is -4.36. The summed E-state index contributed by atoms with van der Waals surface area (Å²) in [6, 6.07) is 9.66. The monoisotopic (exact) mass is 628 g/mol. The zero-order valence-electron chi connectivity index (χ0n) is 28.1. The van der Waals surface area contributed by atoms with Crippen LogP contribution >= 0.6 is 0 Å². The van der Waals surface area contributed by atoms with Crippen molar-refractivity contribution in [3.05, 3.63) is 35.9 Å². The summed E-state index contributed by atoms with van der Waals surface area (Å²) in [6.45, 7) is 15.0. The molecule has 1 saturated carbocycles. The summed E-state index contributed by atoms with van der Waals surface area (Å²) >= 11 is 0. The maximum absolute atomic E-state index is 16.1. The Hall–Kier alpha value is -2.98. The third kappa shape index (κ3) is 6.24. The number of oxime groups is 1. The van der Waals surface area contributed by atoms with Crippen molar-refractivity contribution in [2.24, 2.45) is 39.7 Å². The number of aliphatic hydroxyl groups is 1. The molecule has 10 heteroatoms. The first-order valence-electron chi connectivity index (χ1n) is 16.1. The first-order valence-corrected chi connectivity index (χ1v) is 16.1. The minimum atomic E-state index is -2.93. The van der Waals surface area contributed by atoms with E-state index in [4.69, 9.17) is 14.3 Å². The molecule has 248 valence electrons. The number of epoxide rings is 1. The highest BCUT2D eigenvalue weighted by Gasteiger charge is 2.74. The molecule has 10 atom stereocenters. The fourth-order valence-corrected chi connectivity index (χ4v) is 7.87. The number of ether oxygens (including phenoxy) is 2. The maximum atomic E-state index is 16.1. The van der Waals surface area contributed by atoms with Crippen molar-refractivity contribution in [3.8, 4) is 0 Å². The van der Waals surface area contributed by atoms with Crippen molar-refractivity contribution < 1.29 is 38.2 Å². The molecule has 4 rings (SSSR count). The number of nitrogens with zero attached hydrogens (tertiary/aromatic N) is 2. The van der Waals surface area contributed by atoms with Gasteiger partial charge < -0.3 is 19.4 Å². The number of hydrogen-bond donors (Lipinski definition) is 1. The Balaban J connectivity index is 1.92. The normalized spacial score (nSPS) is 42.7. The quantitative estimate of drug-likeness (QED) is 0.193. The molecule has 3 fully saturated rings. The van der Waals surface area contributed by atoms with Crippen LogP contribution in [-0.4, -0.2) is 62.8 Å². The van der Waals surface area contributed by atoms with Gasteiger partial charge in [-0.3, -0.25) is 9.59 Å². The van der Waals surface area contributed by atoms with Gasteiger partial charge in [-0.25, -0.2) is 14.2 Å². The van der Waals surface area contributed by atoms with Crippen molar-refractivity contribution in [1.82, 2.24) is 0 Å². The van der Waals surface area contributed by atoms with E-state index in [1.165, 1.54) is 6.92 Å². The fraction of sp³-hybridized carbons (Fsp3) is 0.686. The van der Waals surface area contributed by atoms with Crippen molar-refractivity contribution in [2.75, 3.05) is 0 Å². The predicted octanol–water partition coefficient (Wildman–Crippen LogP) is 5.80. The number of halogens is 1. The minimum Gasteiger partial charge on any atom is -0.457 e. The van der Waals surface area contributed by atoms with Gasteiger partial charge in [0.1, 0.15) is 23.9 Å². The first-order chi connectivity index (χ1) is 20.9. The van der Waals surface area contributed by atoms with Crippen molar-refractivity contribution in [3.63, 3.8) is 0 Å². The summed E-state index contributed by atoms with van der Waals surface area (Å²) in [5.74, 6) is -5.62. The van der Waals surface area contributed by atoms with E-state index in [0.717, 1.165) is 12.5 Å². The number of fused-ring (bicyclic) bond motifs is 3. The number of carbonyl (C=O) groups excluding carboxylic acids is 3. The van der Waals surface area contributed by atoms with E-state index in [1.807, 2.05) is 58.0 Å². The number of alkyl halides is 1. The maximum Gasteiger partial charge on any atom is 0.351 e. The summed E-state index contributed by atoms with van der Waals surface area (Å²) in [7, 11) is 0. The Morgan fingerprint density at radius 2 is 1.73 bits per heavy atom. The summed E-state index contributed by atoms with van der Waals surface area (Å²) in [5, 5.41) is 16.8. The van der Waals surface area contributed by atoms with E-state index in [0.29, 0.717) is 30.7 Å². The van der Waals surface area contributed by atoms with Crippen LogP contribution in [0.15, 0.2) is 40.5 Å². The number of Topliss-reactive ketones (excluding diaryl/α,β-unsaturated/α-hetero) is 1. The van der Waals surface area contributed by atoms with Crippen LogP contribution in [0.2, 0.25) is 0 Å². The number of hydrogen-bond acceptors (Lipinski definition) is 8. The molecule has 1 unspecified atom stereocenters. The van der Waals surface area contributed by atoms with Gasteiger partial charge in [0.05, 0.1) is 11.3 Å². The standard InChI is InChI=1S/C35H49FN2O7/c1-10-28-33(8,42)27-17-16-26(38-43-19-25-14-12-11-13-15-25)18-35(23(5)29(21(27)3)37-24(6)39)34(9,45-35)22(4)20(2)30(40)32(7,36)31(41)44-28/h11-15,20-23,27-28,42H,10,16-19H2,1-9H3/b37-29?,38-26+/t20-,21-,22-,23+,27-,28-,32+,33+,34+,35?/m1/s1. The summed E-state index contributed by atoms with van der Waals surface area (Å²) in [6.07, 6.45) is 0.123. The molecule has 1 spiro atoms. The Bertz CT molecular complexity index is 1360. The van der Waals surface area contributed by atoms with Crippen LogP contribution in [0.1, 0.15) is 93.6 Å². The van der Waals surface area contributed by atoms with Gasteiger partial charge in [-0.2, -0.15) is 0 Å². The van der Waals surface area contributed by atoms with Crippen molar-refractivity contribution in [1.29, 1.82) is 0 Å². The Labute approximate surface area is 266 Å². The highest BCUT2D eigenvalue weighted by molar-refractivity contribution is 6.08. The van der Waals surface area contributed by atoms with Crippen molar-refractivity contribution in [2.45, 2.75) is 123 Å². The Morgan fingerprint density at radius 1 is 1.09 bits per heavy atom. The largest absolute Gasteiger partial charge is 0.457 e. The molecule has 1 aliphatic carbocycles. The van der Waals surface area contributed by atoms with Crippen LogP contribution in [0, 0.1) is 29.6 Å². The lowest BCUT2D eigenvalue weighted by Gasteiger charge is -2.43. The fourth-order valence-electron chi connectivity index (χ4n) is 7.87. The number of aliphatic imine (C=N–C) groups is 1. The summed E-state index contributed by atoms with van der Waals surface area (Å²) in [4.78, 5) is 49.9. The molecule has 1 N–H and O–H groups in total. The number of esters is 1. The molecule has 2 bridgehead atoms. The van der Waals surface area contributed by atoms with Gasteiger partial charge >= 0.3 is 5.97 Å². The number of amides is 1. The predicted molar refractivity (Wildman–Crippen MR) is 168 cm³/mol. The number of cyclic esters (lactones) is 1. The van der Waals surface area contributed by atoms with Gasteiger partial charge in [-0.1, -0.05) is 70.1 Å². The average molecular weight is 629 g/mol. The first kappa shape index (κ1) is 34.9. The van der Waals surface area contributed by atoms with Gasteiger partial charge in [0.25, 0.3) is 5.67 Å². The van der Waals surface area contributed by atoms with Gasteiger partial charge in [0, 0.05) is 36.8 Å². The number of benzene rings is 1. The van der Waals surface area contributed by atoms with E-state index < -0.39 is 69.9 Å². The van der Waals surface area contributed by atoms with Crippen LogP contribution in [0.3, 0.4) is 0 Å². The minimum absolute atomic E-state index is 0.166. The molecule has 1 amide bonds. The van der Waals surface area contributed by atoms with Gasteiger partial charge in [0.15, 0.2) is 5.78 Å². The number of rotatable bonds is 4. The van der Waals surface area contributed by atoms with Gasteiger partial charge in [-0.05, 0) is 57.4 Å². The molecule has 3 aliphatic rings. The lowest BCUT2D eigenvalue weighted by molar-refractivity contribution is -0.186. The molecule has 45 heavy (non-hydrogen) atoms.